The van der Waals surface area contributed by atoms with Crippen molar-refractivity contribution in [3.63, 3.8) is 0 Å². The van der Waals surface area contributed by atoms with E-state index in [0.717, 1.165) is 32.1 Å². The number of carbonyl (C=O) groups excluding carboxylic acids is 2. The van der Waals surface area contributed by atoms with Crippen LogP contribution < -0.4 is 5.73 Å². The number of phosphoric ester groups is 1. The van der Waals surface area contributed by atoms with Gasteiger partial charge >= 0.3 is 19.8 Å². The van der Waals surface area contributed by atoms with E-state index >= 15 is 0 Å². The van der Waals surface area contributed by atoms with E-state index in [-0.39, 0.29) is 38.6 Å². The molecule has 0 rings (SSSR count). The van der Waals surface area contributed by atoms with Crippen molar-refractivity contribution in [1.29, 1.82) is 0 Å². The monoisotopic (exact) mass is 1000 g/mol. The van der Waals surface area contributed by atoms with Gasteiger partial charge in [0.15, 0.2) is 6.10 Å². The van der Waals surface area contributed by atoms with Crippen molar-refractivity contribution < 1.29 is 37.6 Å². The quantitative estimate of drug-likeness (QED) is 0.0347. The van der Waals surface area contributed by atoms with Crippen LogP contribution in [0.5, 0.6) is 0 Å². The predicted octanol–water partition coefficient (Wildman–Crippen LogP) is 19.1. The van der Waals surface area contributed by atoms with Crippen LogP contribution in [-0.4, -0.2) is 49.3 Å². The Morgan fingerprint density at radius 1 is 0.377 bits per heavy atom. The highest BCUT2D eigenvalue weighted by Gasteiger charge is 2.26. The summed E-state index contributed by atoms with van der Waals surface area (Å²) in [6.07, 6.45) is 63.3. The van der Waals surface area contributed by atoms with E-state index in [4.69, 9.17) is 24.3 Å². The molecular weight excluding hydrogens is 882 g/mol. The molecule has 10 heteroatoms. The summed E-state index contributed by atoms with van der Waals surface area (Å²) in [5, 5.41) is 0. The van der Waals surface area contributed by atoms with Gasteiger partial charge in [-0.1, -0.05) is 309 Å². The maximum Gasteiger partial charge on any atom is 0.472 e. The van der Waals surface area contributed by atoms with E-state index < -0.39 is 26.5 Å². The van der Waals surface area contributed by atoms with E-state index in [1.165, 1.54) is 270 Å². The molecule has 0 aliphatic carbocycles. The standard InChI is InChI=1S/C59H118NO8P/c1-3-5-7-9-11-13-15-17-19-20-21-22-23-24-25-26-27-28-29-30-31-32-33-34-35-36-38-40-42-44-46-48-50-52-59(62)68-57(56-67-69(63,64)66-54-53-60)55-65-58(61)51-49-47-45-43-41-39-37-18-16-14-12-10-8-6-4-2/h57H,3-56,60H2,1-2H3,(H,63,64). The minimum Gasteiger partial charge on any atom is -0.462 e. The third kappa shape index (κ3) is 56.2. The lowest BCUT2D eigenvalue weighted by Crippen LogP contribution is -2.29. The lowest BCUT2D eigenvalue weighted by atomic mass is 10.0. The SMILES string of the molecule is CCCCCCCCCCCCCCCCCCCCCCCCCCCCCCCCCCCC(=O)OC(COC(=O)CCCCCCCCCCCCCCCCC)COP(=O)(O)OCCN. The second-order valence-corrected chi connectivity index (χ2v) is 22.4. The average Bonchev–Trinajstić information content (AvgIpc) is 3.34. The summed E-state index contributed by atoms with van der Waals surface area (Å²) in [6.45, 7) is 3.82. The first-order valence-corrected chi connectivity index (χ1v) is 32.0. The van der Waals surface area contributed by atoms with Gasteiger partial charge in [-0.15, -0.1) is 0 Å². The van der Waals surface area contributed by atoms with Crippen molar-refractivity contribution in [3.05, 3.63) is 0 Å². The Balaban J connectivity index is 3.78. The Morgan fingerprint density at radius 2 is 0.623 bits per heavy atom. The molecule has 3 N–H and O–H groups in total. The molecule has 2 unspecified atom stereocenters. The third-order valence-electron chi connectivity index (χ3n) is 14.0. The summed E-state index contributed by atoms with van der Waals surface area (Å²) >= 11 is 0. The number of rotatable bonds is 59. The van der Waals surface area contributed by atoms with E-state index in [0.29, 0.717) is 6.42 Å². The van der Waals surface area contributed by atoms with Crippen LogP contribution in [-0.2, 0) is 32.7 Å². The smallest absolute Gasteiger partial charge is 0.462 e. The largest absolute Gasteiger partial charge is 0.472 e. The van der Waals surface area contributed by atoms with Crippen LogP contribution >= 0.6 is 7.82 Å². The number of nitrogens with two attached hydrogens (primary N) is 1. The molecule has 69 heavy (non-hydrogen) atoms. The van der Waals surface area contributed by atoms with Gasteiger partial charge in [-0.3, -0.25) is 18.6 Å². The van der Waals surface area contributed by atoms with E-state index in [1.54, 1.807) is 0 Å². The van der Waals surface area contributed by atoms with Gasteiger partial charge in [-0.25, -0.2) is 4.57 Å². The molecule has 0 aromatic carbocycles. The van der Waals surface area contributed by atoms with Gasteiger partial charge in [-0.2, -0.15) is 0 Å². The molecule has 412 valence electrons. The van der Waals surface area contributed by atoms with Crippen molar-refractivity contribution in [2.24, 2.45) is 5.73 Å². The van der Waals surface area contributed by atoms with Crippen LogP contribution in [0.4, 0.5) is 0 Å². The van der Waals surface area contributed by atoms with Crippen molar-refractivity contribution in [2.75, 3.05) is 26.4 Å². The second kappa shape index (κ2) is 56.3. The lowest BCUT2D eigenvalue weighted by molar-refractivity contribution is -0.161. The van der Waals surface area contributed by atoms with Gasteiger partial charge < -0.3 is 20.1 Å². The van der Waals surface area contributed by atoms with Gasteiger partial charge in [0.2, 0.25) is 0 Å². The van der Waals surface area contributed by atoms with Gasteiger partial charge in [0, 0.05) is 19.4 Å². The Hall–Kier alpha value is -0.990. The number of carbonyl (C=O) groups is 2. The summed E-state index contributed by atoms with van der Waals surface area (Å²) in [6, 6.07) is 0. The number of phosphoric acid groups is 1. The van der Waals surface area contributed by atoms with Crippen molar-refractivity contribution in [1.82, 2.24) is 0 Å². The fraction of sp³-hybridized carbons (Fsp3) is 0.966. The first kappa shape index (κ1) is 68.0. The molecule has 0 saturated carbocycles. The molecule has 0 aliphatic rings. The fourth-order valence-corrected chi connectivity index (χ4v) is 10.2. The Morgan fingerprint density at radius 3 is 0.884 bits per heavy atom. The van der Waals surface area contributed by atoms with E-state index in [9.17, 15) is 19.0 Å². The molecule has 0 aromatic rings. The van der Waals surface area contributed by atoms with E-state index in [1.807, 2.05) is 0 Å². The first-order valence-electron chi connectivity index (χ1n) is 30.5. The molecule has 9 nitrogen and oxygen atoms in total. The lowest BCUT2D eigenvalue weighted by Gasteiger charge is -2.19. The summed E-state index contributed by atoms with van der Waals surface area (Å²) in [5.41, 5.74) is 5.38. The van der Waals surface area contributed by atoms with Crippen molar-refractivity contribution in [3.8, 4) is 0 Å². The van der Waals surface area contributed by atoms with Gasteiger partial charge in [0.1, 0.15) is 6.61 Å². The minimum atomic E-state index is -4.38. The van der Waals surface area contributed by atoms with Crippen LogP contribution in [0.25, 0.3) is 0 Å². The van der Waals surface area contributed by atoms with Crippen LogP contribution in [0.3, 0.4) is 0 Å². The zero-order valence-electron chi connectivity index (χ0n) is 46.1. The highest BCUT2D eigenvalue weighted by molar-refractivity contribution is 7.47. The van der Waals surface area contributed by atoms with Crippen LogP contribution in [0.1, 0.15) is 335 Å². The Kier molecular flexibility index (Phi) is 55.5. The van der Waals surface area contributed by atoms with Crippen LogP contribution in [0.15, 0.2) is 0 Å². The second-order valence-electron chi connectivity index (χ2n) is 20.9. The molecule has 2 atom stereocenters. The van der Waals surface area contributed by atoms with Crippen LogP contribution in [0.2, 0.25) is 0 Å². The zero-order valence-corrected chi connectivity index (χ0v) is 47.0. The number of hydrogen-bond donors (Lipinski definition) is 2. The maximum absolute atomic E-state index is 12.7. The predicted molar refractivity (Wildman–Crippen MR) is 294 cm³/mol. The fourth-order valence-electron chi connectivity index (χ4n) is 9.46. The van der Waals surface area contributed by atoms with Gasteiger partial charge in [0.25, 0.3) is 0 Å². The molecule has 0 aromatic heterocycles. The normalized spacial score (nSPS) is 12.9. The molecule has 0 bridgehead atoms. The minimum absolute atomic E-state index is 0.0585. The topological polar surface area (TPSA) is 134 Å². The highest BCUT2D eigenvalue weighted by Crippen LogP contribution is 2.43. The summed E-state index contributed by atoms with van der Waals surface area (Å²) in [4.78, 5) is 35.1. The zero-order chi connectivity index (χ0) is 50.2. The number of hydrogen-bond acceptors (Lipinski definition) is 8. The number of ether oxygens (including phenoxy) is 2. The Bertz CT molecular complexity index is 1090. The third-order valence-corrected chi connectivity index (χ3v) is 15.0. The summed E-state index contributed by atoms with van der Waals surface area (Å²) < 4.78 is 33.0. The molecule has 0 heterocycles. The summed E-state index contributed by atoms with van der Waals surface area (Å²) in [7, 11) is -4.38. The van der Waals surface area contributed by atoms with Crippen molar-refractivity contribution >= 4 is 19.8 Å². The van der Waals surface area contributed by atoms with Crippen molar-refractivity contribution in [2.45, 2.75) is 341 Å². The average molecular weight is 1000 g/mol. The molecule has 0 saturated heterocycles. The van der Waals surface area contributed by atoms with Gasteiger partial charge in [-0.05, 0) is 12.8 Å². The Labute approximate surface area is 428 Å². The highest BCUT2D eigenvalue weighted by atomic mass is 31.2. The van der Waals surface area contributed by atoms with E-state index in [2.05, 4.69) is 13.8 Å². The molecule has 0 aliphatic heterocycles. The molecule has 0 spiro atoms. The van der Waals surface area contributed by atoms with Crippen LogP contribution in [0, 0.1) is 0 Å². The van der Waals surface area contributed by atoms with Gasteiger partial charge in [0.05, 0.1) is 13.2 Å². The molecule has 0 radical (unpaired) electrons. The maximum atomic E-state index is 12.7. The molecule has 0 amide bonds. The number of esters is 2. The number of unbranched alkanes of at least 4 members (excludes halogenated alkanes) is 46. The summed E-state index contributed by atoms with van der Waals surface area (Å²) in [5.74, 6) is -0.804. The first-order chi connectivity index (χ1) is 33.8. The molecular formula is C59H118NO8P. The molecule has 0 fully saturated rings.